The van der Waals surface area contributed by atoms with Crippen molar-refractivity contribution in [2.45, 2.75) is 0 Å². The molecule has 0 spiro atoms. The number of nitrogens with one attached hydrogen (secondary N) is 1. The number of aromatic amines is 1. The van der Waals surface area contributed by atoms with Crippen molar-refractivity contribution in [2.75, 3.05) is 11.9 Å². The molecule has 0 saturated carbocycles. The van der Waals surface area contributed by atoms with E-state index in [4.69, 9.17) is 17.4 Å². The molecule has 0 unspecified atom stereocenters. The van der Waals surface area contributed by atoms with Crippen molar-refractivity contribution in [2.24, 2.45) is 10.9 Å². The molecule has 0 bridgehead atoms. The van der Waals surface area contributed by atoms with Gasteiger partial charge in [-0.05, 0) is 30.3 Å². The quantitative estimate of drug-likeness (QED) is 0.513. The zero-order valence-corrected chi connectivity index (χ0v) is 14.4. The molecule has 3 aromatic rings. The first-order valence-corrected chi connectivity index (χ1v) is 7.79. The second-order valence-electron chi connectivity index (χ2n) is 4.86. The minimum atomic E-state index is -0.518. The van der Waals surface area contributed by atoms with E-state index in [1.807, 2.05) is 36.2 Å². The van der Waals surface area contributed by atoms with Crippen LogP contribution in [-0.4, -0.2) is 17.0 Å². The summed E-state index contributed by atoms with van der Waals surface area (Å²) in [5, 5.41) is 4.17. The van der Waals surface area contributed by atoms with Gasteiger partial charge in [-0.1, -0.05) is 33.6 Å². The molecule has 0 radical (unpaired) electrons. The van der Waals surface area contributed by atoms with E-state index in [0.717, 1.165) is 10.2 Å². The van der Waals surface area contributed by atoms with Crippen LogP contribution in [0.2, 0.25) is 5.02 Å². The Morgan fingerprint density at radius 1 is 1.35 bits per heavy atom. The third kappa shape index (κ3) is 3.02. The van der Waals surface area contributed by atoms with Crippen LogP contribution in [0.25, 0.3) is 10.9 Å². The number of H-pyrrole nitrogens is 1. The molecule has 3 rings (SSSR count). The fourth-order valence-corrected chi connectivity index (χ4v) is 2.82. The topological polar surface area (TPSA) is 70.3 Å². The summed E-state index contributed by atoms with van der Waals surface area (Å²) >= 11 is 9.29. The highest BCUT2D eigenvalue weighted by Crippen LogP contribution is 2.31. The normalized spacial score (nSPS) is 11.9. The Morgan fingerprint density at radius 2 is 2.13 bits per heavy atom. The van der Waals surface area contributed by atoms with Crippen molar-refractivity contribution >= 4 is 49.9 Å². The van der Waals surface area contributed by atoms with Crippen LogP contribution >= 0.6 is 27.5 Å². The Labute approximate surface area is 144 Å². The summed E-state index contributed by atoms with van der Waals surface area (Å²) in [7, 11) is 1.83. The average molecular weight is 397 g/mol. The van der Waals surface area contributed by atoms with Crippen molar-refractivity contribution in [3.05, 3.63) is 57.3 Å². The van der Waals surface area contributed by atoms with Gasteiger partial charge in [0.05, 0.1) is 10.5 Å². The molecule has 0 aliphatic rings. The first-order valence-electron chi connectivity index (χ1n) is 6.62. The molecule has 1 aromatic heterocycles. The van der Waals surface area contributed by atoms with Crippen LogP contribution in [0, 0.1) is 5.82 Å². The third-order valence-corrected chi connectivity index (χ3v) is 4.18. The molecule has 0 fully saturated rings. The number of aromatic nitrogens is 2. The summed E-state index contributed by atoms with van der Waals surface area (Å²) in [6.45, 7) is 0. The monoisotopic (exact) mass is 395 g/mol. The molecular weight excluding hydrogens is 385 g/mol. The molecule has 0 amide bonds. The van der Waals surface area contributed by atoms with E-state index in [2.05, 4.69) is 31.0 Å². The summed E-state index contributed by atoms with van der Waals surface area (Å²) in [6.07, 6.45) is 0. The summed E-state index contributed by atoms with van der Waals surface area (Å²) in [5.41, 5.74) is 1.68. The van der Waals surface area contributed by atoms with Crippen LogP contribution in [-0.2, 0) is 0 Å². The highest BCUT2D eigenvalue weighted by Gasteiger charge is 2.14. The van der Waals surface area contributed by atoms with Gasteiger partial charge in [-0.15, -0.1) is 5.10 Å². The Bertz CT molecular complexity index is 956. The predicted octanol–water partition coefficient (Wildman–Crippen LogP) is 3.66. The van der Waals surface area contributed by atoms with Gasteiger partial charge >= 0.3 is 0 Å². The lowest BCUT2D eigenvalue weighted by Crippen LogP contribution is -2.21. The summed E-state index contributed by atoms with van der Waals surface area (Å²) in [6, 6.07) is 10.5. The lowest BCUT2D eigenvalue weighted by molar-refractivity contribution is 0.630. The van der Waals surface area contributed by atoms with Gasteiger partial charge in [0, 0.05) is 22.6 Å². The number of nitrogens with zero attached hydrogens (tertiary/aromatic N) is 3. The van der Waals surface area contributed by atoms with E-state index in [1.165, 1.54) is 12.1 Å². The first-order chi connectivity index (χ1) is 11.0. The maximum absolute atomic E-state index is 13.9. The highest BCUT2D eigenvalue weighted by atomic mass is 79.9. The largest absolute Gasteiger partial charge is 0.329 e. The number of rotatable bonds is 2. The van der Waals surface area contributed by atoms with Crippen molar-refractivity contribution in [3.63, 3.8) is 0 Å². The number of fused-ring (bicyclic) bond motifs is 1. The molecule has 5 nitrogen and oxygen atoms in total. The number of anilines is 2. The predicted molar refractivity (Wildman–Crippen MR) is 93.0 cm³/mol. The lowest BCUT2D eigenvalue weighted by atomic mass is 10.2. The number of halogens is 3. The second kappa shape index (κ2) is 6.17. The van der Waals surface area contributed by atoms with Gasteiger partial charge in [-0.3, -0.25) is 0 Å². The lowest BCUT2D eigenvalue weighted by Gasteiger charge is -2.20. The van der Waals surface area contributed by atoms with Crippen molar-refractivity contribution in [1.82, 2.24) is 9.97 Å². The highest BCUT2D eigenvalue weighted by molar-refractivity contribution is 9.10. The van der Waals surface area contributed by atoms with Crippen LogP contribution in [0.4, 0.5) is 15.9 Å². The van der Waals surface area contributed by atoms with E-state index in [9.17, 15) is 4.39 Å². The van der Waals surface area contributed by atoms with Gasteiger partial charge < -0.3 is 15.7 Å². The Balaban J connectivity index is 2.29. The molecule has 8 heteroatoms. The molecule has 2 aromatic carbocycles. The fourth-order valence-electron chi connectivity index (χ4n) is 2.27. The fraction of sp³-hybridized carbons (Fsp3) is 0.0667. The molecule has 3 N–H and O–H groups in total. The van der Waals surface area contributed by atoms with E-state index >= 15 is 0 Å². The molecule has 0 aliphatic carbocycles. The summed E-state index contributed by atoms with van der Waals surface area (Å²) in [5.74, 6) is 5.33. The number of hydrogen-bond donors (Lipinski definition) is 2. The zero-order valence-electron chi connectivity index (χ0n) is 12.0. The van der Waals surface area contributed by atoms with Gasteiger partial charge in [0.1, 0.15) is 11.6 Å². The minimum Gasteiger partial charge on any atom is -0.329 e. The molecule has 23 heavy (non-hydrogen) atoms. The van der Waals surface area contributed by atoms with Gasteiger partial charge in [-0.2, -0.15) is 4.98 Å². The Morgan fingerprint density at radius 3 is 2.83 bits per heavy atom. The van der Waals surface area contributed by atoms with E-state index in [0.29, 0.717) is 16.7 Å². The van der Waals surface area contributed by atoms with Crippen LogP contribution in [0.3, 0.4) is 0 Å². The molecular formula is C15H12BrClFN5. The summed E-state index contributed by atoms with van der Waals surface area (Å²) < 4.78 is 14.8. The van der Waals surface area contributed by atoms with Gasteiger partial charge in [-0.25, -0.2) is 4.39 Å². The standard InChI is InChI=1S/C15H12BrClFN5/c1-23(9-4-2-3-8(16)5-9)14-10-6-12(18)11(17)7-13(10)20-15(21-14)22-19/h2-7H,19H2,1H3,(H,20,21,22). The van der Waals surface area contributed by atoms with Crippen molar-refractivity contribution in [1.29, 1.82) is 0 Å². The average Bonchev–Trinajstić information content (AvgIpc) is 2.54. The smallest absolute Gasteiger partial charge is 0.246 e. The van der Waals surface area contributed by atoms with E-state index in [1.54, 1.807) is 0 Å². The summed E-state index contributed by atoms with van der Waals surface area (Å²) in [4.78, 5) is 9.09. The van der Waals surface area contributed by atoms with E-state index in [-0.39, 0.29) is 10.6 Å². The third-order valence-electron chi connectivity index (χ3n) is 3.40. The number of nitrogens with two attached hydrogens (primary N) is 1. The van der Waals surface area contributed by atoms with Crippen molar-refractivity contribution in [3.8, 4) is 0 Å². The second-order valence-corrected chi connectivity index (χ2v) is 6.19. The maximum atomic E-state index is 13.9. The van der Waals surface area contributed by atoms with Crippen LogP contribution in [0.15, 0.2) is 46.0 Å². The van der Waals surface area contributed by atoms with Crippen LogP contribution in [0.1, 0.15) is 0 Å². The maximum Gasteiger partial charge on any atom is 0.246 e. The first kappa shape index (κ1) is 15.8. The van der Waals surface area contributed by atoms with Crippen LogP contribution in [0.5, 0.6) is 0 Å². The van der Waals surface area contributed by atoms with Crippen molar-refractivity contribution < 1.29 is 4.39 Å². The van der Waals surface area contributed by atoms with Gasteiger partial charge in [0.2, 0.25) is 5.62 Å². The Hall–Kier alpha value is -2.12. The molecule has 0 aliphatic heterocycles. The van der Waals surface area contributed by atoms with Gasteiger partial charge in [0.25, 0.3) is 0 Å². The Kier molecular flexibility index (Phi) is 4.23. The minimum absolute atomic E-state index is 0.0129. The van der Waals surface area contributed by atoms with Gasteiger partial charge in [0.15, 0.2) is 0 Å². The van der Waals surface area contributed by atoms with E-state index < -0.39 is 5.82 Å². The molecule has 0 saturated heterocycles. The SMILES string of the molecule is CN(c1cccc(Br)c1)c1n/c(=N/N)[nH]c2cc(Cl)c(F)cc12. The number of benzene rings is 2. The number of hydrogen-bond acceptors (Lipinski definition) is 4. The molecule has 0 atom stereocenters. The van der Waals surface area contributed by atoms with Crippen LogP contribution < -0.4 is 16.4 Å². The molecule has 1 heterocycles. The zero-order chi connectivity index (χ0) is 16.6. The molecule has 118 valence electrons.